The first-order valence-corrected chi connectivity index (χ1v) is 33.5. The quantitative estimate of drug-likeness (QED) is 0.0660. The molecule has 0 radical (unpaired) electrons. The average molecular weight is 1450 g/mol. The van der Waals surface area contributed by atoms with Crippen LogP contribution in [0.4, 0.5) is 28.4 Å². The SMILES string of the molecule is C.Cc1cc(Cl)cc(C=Nc2cc(C(C)(C)C)ccc2O)c1O.Cc1cc(Cl)cc(C=Nc2cc(Cl)cc(Cl)c2)c1O.Cc1ccc(N=Cc2c(O)ccc3ccccc23)cc1Cl.Cc1ccc(N=Cc2ccccc2O)c(C)c1.Cc1ccc(O)c(C=Nc2cc(C(C)(C)C)ccc2O)c1. The molecule has 0 saturated heterocycles. The topological polar surface area (TPSA) is 203 Å². The number of rotatable bonds is 10. The summed E-state index contributed by atoms with van der Waals surface area (Å²) >= 11 is 29.8. The molecule has 12 nitrogen and oxygen atoms in total. The van der Waals surface area contributed by atoms with Crippen molar-refractivity contribution < 1.29 is 35.7 Å². The Labute approximate surface area is 618 Å². The summed E-state index contributed by atoms with van der Waals surface area (Å²) < 4.78 is 0. The van der Waals surface area contributed by atoms with Crippen molar-refractivity contribution in [1.29, 1.82) is 0 Å². The molecule has 0 unspecified atom stereocenters. The average Bonchev–Trinajstić information content (AvgIpc) is 0.821. The number of aromatic hydroxyl groups is 7. The first kappa shape index (κ1) is 80.1. The maximum atomic E-state index is 10.1. The van der Waals surface area contributed by atoms with Gasteiger partial charge in [-0.1, -0.05) is 197 Å². The smallest absolute Gasteiger partial charge is 0.141 e. The number of benzene rings is 11. The molecule has 0 aliphatic heterocycles. The van der Waals surface area contributed by atoms with Crippen molar-refractivity contribution in [3.8, 4) is 40.2 Å². The molecule has 11 aromatic rings. The van der Waals surface area contributed by atoms with E-state index in [4.69, 9.17) is 58.0 Å². The molecule has 11 rings (SSSR count). The molecular weight excluding hydrogens is 1370 g/mol. The van der Waals surface area contributed by atoms with Crippen molar-refractivity contribution in [1.82, 2.24) is 0 Å². The molecule has 11 aromatic carbocycles. The van der Waals surface area contributed by atoms with E-state index in [2.05, 4.69) is 79.5 Å². The van der Waals surface area contributed by atoms with Crippen molar-refractivity contribution >= 4 is 128 Å². The maximum absolute atomic E-state index is 10.1. The summed E-state index contributed by atoms with van der Waals surface area (Å²) in [6.45, 7) is 24.2. The fourth-order valence-electron chi connectivity index (χ4n) is 9.63. The van der Waals surface area contributed by atoms with Crippen LogP contribution in [0.25, 0.3) is 10.8 Å². The lowest BCUT2D eigenvalue weighted by molar-refractivity contribution is 0.470. The number of halogens is 5. The zero-order valence-corrected chi connectivity index (χ0v) is 61.4. The van der Waals surface area contributed by atoms with E-state index < -0.39 is 0 Å². The Bertz CT molecular complexity index is 4860. The Morgan fingerprint density at radius 3 is 1.33 bits per heavy atom. The van der Waals surface area contributed by atoms with Crippen LogP contribution in [0, 0.1) is 41.5 Å². The van der Waals surface area contributed by atoms with E-state index in [-0.39, 0.29) is 58.5 Å². The fourth-order valence-corrected chi connectivity index (χ4v) is 10.9. The molecule has 0 aliphatic rings. The highest BCUT2D eigenvalue weighted by atomic mass is 35.5. The van der Waals surface area contributed by atoms with Gasteiger partial charge < -0.3 is 35.7 Å². The van der Waals surface area contributed by atoms with Gasteiger partial charge in [-0.25, -0.2) is 0 Å². The molecule has 0 heterocycles. The van der Waals surface area contributed by atoms with Gasteiger partial charge in [-0.05, 0) is 212 Å². The third-order valence-corrected chi connectivity index (χ3v) is 16.7. The van der Waals surface area contributed by atoms with Crippen molar-refractivity contribution in [2.45, 2.75) is 101 Å². The van der Waals surface area contributed by atoms with Gasteiger partial charge in [0.05, 0.1) is 17.1 Å². The largest absolute Gasteiger partial charge is 0.507 e. The van der Waals surface area contributed by atoms with E-state index in [1.54, 1.807) is 111 Å². The number of aliphatic imine (C=N–C) groups is 5. The third-order valence-electron chi connectivity index (χ3n) is 15.4. The van der Waals surface area contributed by atoms with Crippen LogP contribution in [0.15, 0.2) is 219 Å². The first-order valence-electron chi connectivity index (χ1n) is 31.7. The number of hydrogen-bond acceptors (Lipinski definition) is 12. The van der Waals surface area contributed by atoms with Crippen LogP contribution in [-0.4, -0.2) is 66.8 Å². The van der Waals surface area contributed by atoms with Gasteiger partial charge in [0.15, 0.2) is 0 Å². The number of phenols is 7. The lowest BCUT2D eigenvalue weighted by Gasteiger charge is -2.19. The first-order chi connectivity index (χ1) is 47.2. The van der Waals surface area contributed by atoms with Crippen LogP contribution in [0.1, 0.15) is 121 Å². The molecule has 7 N–H and O–H groups in total. The number of nitrogens with zero attached hydrogens (tertiary/aromatic N) is 5. The summed E-state index contributed by atoms with van der Waals surface area (Å²) in [5, 5.41) is 74.1. The molecular formula is C84H84Cl5N5O7. The number of aryl methyl sites for hydroxylation is 6. The van der Waals surface area contributed by atoms with Crippen LogP contribution in [-0.2, 0) is 10.8 Å². The summed E-state index contributed by atoms with van der Waals surface area (Å²) in [4.78, 5) is 21.7. The fraction of sp³-hybridized carbons (Fsp3) is 0.179. The van der Waals surface area contributed by atoms with Gasteiger partial charge in [-0.3, -0.25) is 25.0 Å². The second-order valence-corrected chi connectivity index (χ2v) is 27.9. The highest BCUT2D eigenvalue weighted by Gasteiger charge is 2.17. The van der Waals surface area contributed by atoms with Gasteiger partial charge >= 0.3 is 0 Å². The molecule has 0 bridgehead atoms. The van der Waals surface area contributed by atoms with Crippen molar-refractivity contribution in [2.75, 3.05) is 0 Å². The van der Waals surface area contributed by atoms with E-state index in [0.29, 0.717) is 75.6 Å². The summed E-state index contributed by atoms with van der Waals surface area (Å²) in [5.41, 5.74) is 14.3. The van der Waals surface area contributed by atoms with Gasteiger partial charge in [0, 0.05) is 84.0 Å². The Hall–Kier alpha value is -9.92. The predicted molar refractivity (Wildman–Crippen MR) is 427 cm³/mol. The van der Waals surface area contributed by atoms with Crippen LogP contribution < -0.4 is 0 Å². The van der Waals surface area contributed by atoms with Crippen LogP contribution in [0.2, 0.25) is 25.1 Å². The van der Waals surface area contributed by atoms with Crippen LogP contribution in [0.5, 0.6) is 40.2 Å². The van der Waals surface area contributed by atoms with Crippen LogP contribution >= 0.6 is 58.0 Å². The summed E-state index contributed by atoms with van der Waals surface area (Å²) in [6.07, 6.45) is 7.97. The van der Waals surface area contributed by atoms with Crippen LogP contribution in [0.3, 0.4) is 0 Å². The molecule has 101 heavy (non-hydrogen) atoms. The zero-order chi connectivity index (χ0) is 73.2. The second kappa shape index (κ2) is 36.4. The summed E-state index contributed by atoms with van der Waals surface area (Å²) in [6, 6.07) is 58.2. The Morgan fingerprint density at radius 2 is 0.772 bits per heavy atom. The standard InChI is InChI=1S/C18H20ClNO2.C18H14ClNO.C18H21NO2.C15H15NO.C14H10Cl3NO.CH4/c1-11-7-14(19)8-12(17(11)22)10-20-15-9-13(18(2,3)4)5-6-16(15)21;1-12-6-8-14(10-17(12)19)20-11-16-15-5-3-2-4-13(15)7-9-18(16)21;1-12-5-7-16(20)13(9-12)11-19-15-10-14(18(2,3)4)6-8-17(15)21;1-11-7-8-14(12(2)9-11)16-10-13-5-3-4-6-15(13)17;1-8-2-10(15)3-9(14(8)19)7-18-13-5-11(16)4-12(17)6-13;/h5-10,21-22H,1-4H3;2-11,21H,1H3;5-11,20-21H,1-4H3;3-10,17H,1-2H3;2-7,19H,1H3;1H4. The molecule has 0 amide bonds. The van der Waals surface area contributed by atoms with Crippen molar-refractivity contribution in [3.05, 3.63) is 292 Å². The molecule has 0 aromatic heterocycles. The summed E-state index contributed by atoms with van der Waals surface area (Å²) in [5.74, 6) is 1.17. The maximum Gasteiger partial charge on any atom is 0.141 e. The molecule has 0 atom stereocenters. The van der Waals surface area contributed by atoms with Gasteiger partial charge in [-0.2, -0.15) is 0 Å². The normalized spacial score (nSPS) is 11.4. The Kier molecular flexibility index (Phi) is 28.9. The zero-order valence-electron chi connectivity index (χ0n) is 57.6. The van der Waals surface area contributed by atoms with Gasteiger partial charge in [0.25, 0.3) is 0 Å². The highest BCUT2D eigenvalue weighted by molar-refractivity contribution is 6.35. The molecule has 0 aliphatic carbocycles. The van der Waals surface area contributed by atoms with Gasteiger partial charge in [0.2, 0.25) is 0 Å². The molecule has 0 fully saturated rings. The minimum absolute atomic E-state index is 0. The third kappa shape index (κ3) is 23.9. The minimum atomic E-state index is -0.0350. The van der Waals surface area contributed by atoms with E-state index in [1.165, 1.54) is 18.0 Å². The lowest BCUT2D eigenvalue weighted by Crippen LogP contribution is -2.10. The highest BCUT2D eigenvalue weighted by Crippen LogP contribution is 2.37. The van der Waals surface area contributed by atoms with E-state index in [1.807, 2.05) is 130 Å². The molecule has 522 valence electrons. The second-order valence-electron chi connectivity index (χ2n) is 25.7. The van der Waals surface area contributed by atoms with E-state index in [0.717, 1.165) is 55.5 Å². The predicted octanol–water partition coefficient (Wildman–Crippen LogP) is 24.6. The van der Waals surface area contributed by atoms with Crippen molar-refractivity contribution in [2.24, 2.45) is 25.0 Å². The van der Waals surface area contributed by atoms with E-state index in [9.17, 15) is 35.7 Å². The number of phenolic OH excluding ortho intramolecular Hbond substituents is 7. The van der Waals surface area contributed by atoms with Gasteiger partial charge in [0.1, 0.15) is 51.6 Å². The number of fused-ring (bicyclic) bond motifs is 1. The van der Waals surface area contributed by atoms with Crippen molar-refractivity contribution in [3.63, 3.8) is 0 Å². The monoisotopic (exact) mass is 1450 g/mol. The van der Waals surface area contributed by atoms with Gasteiger partial charge in [-0.15, -0.1) is 0 Å². The minimum Gasteiger partial charge on any atom is -0.507 e. The number of hydrogen-bond donors (Lipinski definition) is 7. The number of para-hydroxylation sites is 1. The summed E-state index contributed by atoms with van der Waals surface area (Å²) in [7, 11) is 0. The Balaban J connectivity index is 0.000000199. The molecule has 17 heteroatoms. The molecule has 0 saturated carbocycles. The Morgan fingerprint density at radius 1 is 0.317 bits per heavy atom. The van der Waals surface area contributed by atoms with E-state index >= 15 is 0 Å². The lowest BCUT2D eigenvalue weighted by atomic mass is 9.87. The molecule has 0 spiro atoms.